The Kier molecular flexibility index (Phi) is 3.24. The molecule has 1 atom stereocenters. The number of aromatic nitrogens is 1. The number of benzene rings is 1. The molecule has 1 unspecified atom stereocenters. The van der Waals surface area contributed by atoms with Crippen LogP contribution in [0.1, 0.15) is 5.69 Å². The van der Waals surface area contributed by atoms with Crippen molar-refractivity contribution >= 4 is 15.5 Å². The summed E-state index contributed by atoms with van der Waals surface area (Å²) in [5.74, 6) is 0.515. The van der Waals surface area contributed by atoms with Crippen molar-refractivity contribution in [3.8, 4) is 0 Å². The van der Waals surface area contributed by atoms with Crippen LogP contribution in [0, 0.1) is 6.92 Å². The van der Waals surface area contributed by atoms with Gasteiger partial charge in [0.25, 0.3) is 0 Å². The van der Waals surface area contributed by atoms with Gasteiger partial charge in [-0.2, -0.15) is 4.36 Å². The SMILES string of the molecule is Cc1cccc(N=S(C)(=O)c2ccccc2)n1. The number of hydrogen-bond acceptors (Lipinski definition) is 3. The second kappa shape index (κ2) is 4.67. The fourth-order valence-corrected chi connectivity index (χ4v) is 2.71. The second-order valence-electron chi connectivity index (χ2n) is 3.84. The molecular weight excluding hydrogens is 232 g/mol. The van der Waals surface area contributed by atoms with E-state index in [1.807, 2.05) is 49.4 Å². The van der Waals surface area contributed by atoms with Gasteiger partial charge in [-0.15, -0.1) is 0 Å². The van der Waals surface area contributed by atoms with Gasteiger partial charge in [0.05, 0.1) is 9.73 Å². The summed E-state index contributed by atoms with van der Waals surface area (Å²) in [5.41, 5.74) is 0.870. The molecule has 2 aromatic rings. The molecule has 1 heterocycles. The molecule has 0 amide bonds. The first kappa shape index (κ1) is 11.8. The van der Waals surface area contributed by atoms with E-state index in [1.54, 1.807) is 12.3 Å². The van der Waals surface area contributed by atoms with Crippen molar-refractivity contribution < 1.29 is 4.21 Å². The highest BCUT2D eigenvalue weighted by Crippen LogP contribution is 2.17. The van der Waals surface area contributed by atoms with E-state index in [2.05, 4.69) is 9.35 Å². The summed E-state index contributed by atoms with van der Waals surface area (Å²) < 4.78 is 16.7. The maximum Gasteiger partial charge on any atom is 0.162 e. The first-order chi connectivity index (χ1) is 8.08. The Morgan fingerprint density at radius 1 is 1.06 bits per heavy atom. The van der Waals surface area contributed by atoms with E-state index in [1.165, 1.54) is 0 Å². The van der Waals surface area contributed by atoms with Gasteiger partial charge in [-0.05, 0) is 31.2 Å². The molecule has 4 heteroatoms. The van der Waals surface area contributed by atoms with Gasteiger partial charge in [-0.25, -0.2) is 9.19 Å². The van der Waals surface area contributed by atoms with Crippen LogP contribution in [0.15, 0.2) is 57.8 Å². The monoisotopic (exact) mass is 246 g/mol. The van der Waals surface area contributed by atoms with Crippen LogP contribution >= 0.6 is 0 Å². The van der Waals surface area contributed by atoms with E-state index >= 15 is 0 Å². The maximum absolute atomic E-state index is 12.5. The van der Waals surface area contributed by atoms with Gasteiger partial charge >= 0.3 is 0 Å². The molecular formula is C13H14N2OS. The van der Waals surface area contributed by atoms with E-state index in [4.69, 9.17) is 0 Å². The highest BCUT2D eigenvalue weighted by molar-refractivity contribution is 7.93. The Hall–Kier alpha value is -1.68. The average molecular weight is 246 g/mol. The van der Waals surface area contributed by atoms with Crippen LogP contribution < -0.4 is 0 Å². The molecule has 0 bridgehead atoms. The first-order valence-electron chi connectivity index (χ1n) is 5.29. The van der Waals surface area contributed by atoms with Crippen molar-refractivity contribution in [2.75, 3.05) is 6.26 Å². The quantitative estimate of drug-likeness (QED) is 0.816. The van der Waals surface area contributed by atoms with Crippen molar-refractivity contribution in [1.29, 1.82) is 0 Å². The van der Waals surface area contributed by atoms with Crippen LogP contribution in [0.2, 0.25) is 0 Å². The van der Waals surface area contributed by atoms with Gasteiger partial charge in [0, 0.05) is 16.8 Å². The summed E-state index contributed by atoms with van der Waals surface area (Å²) in [6, 6.07) is 14.8. The Bertz CT molecular complexity index is 629. The Morgan fingerprint density at radius 2 is 1.76 bits per heavy atom. The molecule has 0 aliphatic rings. The minimum absolute atomic E-state index is 0.515. The van der Waals surface area contributed by atoms with Crippen molar-refractivity contribution in [2.45, 2.75) is 11.8 Å². The lowest BCUT2D eigenvalue weighted by Crippen LogP contribution is -1.96. The Morgan fingerprint density at radius 3 is 2.41 bits per heavy atom. The molecule has 0 aliphatic carbocycles. The summed E-state index contributed by atoms with van der Waals surface area (Å²) >= 11 is 0. The first-order valence-corrected chi connectivity index (χ1v) is 7.21. The van der Waals surface area contributed by atoms with E-state index < -0.39 is 9.73 Å². The minimum atomic E-state index is -2.42. The molecule has 2 rings (SSSR count). The van der Waals surface area contributed by atoms with Crippen molar-refractivity contribution in [3.05, 3.63) is 54.2 Å². The Labute approximate surface area is 102 Å². The average Bonchev–Trinajstić information content (AvgIpc) is 2.29. The van der Waals surface area contributed by atoms with Gasteiger partial charge in [0.15, 0.2) is 5.82 Å². The van der Waals surface area contributed by atoms with E-state index in [9.17, 15) is 4.21 Å². The largest absolute Gasteiger partial charge is 0.245 e. The lowest BCUT2D eigenvalue weighted by Gasteiger charge is -2.03. The lowest BCUT2D eigenvalue weighted by molar-refractivity contribution is 0.680. The topological polar surface area (TPSA) is 42.3 Å². The molecule has 0 saturated heterocycles. The number of aryl methyl sites for hydroxylation is 1. The van der Waals surface area contributed by atoms with Crippen LogP contribution in [0.5, 0.6) is 0 Å². The van der Waals surface area contributed by atoms with E-state index in [-0.39, 0.29) is 0 Å². The summed E-state index contributed by atoms with van der Waals surface area (Å²) in [7, 11) is -2.42. The molecule has 88 valence electrons. The highest BCUT2D eigenvalue weighted by Gasteiger charge is 2.05. The number of rotatable bonds is 2. The van der Waals surface area contributed by atoms with Crippen LogP contribution in [-0.4, -0.2) is 15.4 Å². The lowest BCUT2D eigenvalue weighted by atomic mass is 10.4. The van der Waals surface area contributed by atoms with Crippen LogP contribution in [0.25, 0.3) is 0 Å². The smallest absolute Gasteiger partial charge is 0.162 e. The number of hydrogen-bond donors (Lipinski definition) is 0. The Balaban J connectivity index is 2.49. The maximum atomic E-state index is 12.5. The fraction of sp³-hybridized carbons (Fsp3) is 0.154. The zero-order chi connectivity index (χ0) is 12.3. The number of pyridine rings is 1. The standard InChI is InChI=1S/C13H14N2OS/c1-11-7-6-10-13(14-11)15-17(2,16)12-8-4-3-5-9-12/h3-10H,1-2H3. The predicted molar refractivity (Wildman–Crippen MR) is 69.8 cm³/mol. The van der Waals surface area contributed by atoms with E-state index in [0.717, 1.165) is 10.6 Å². The van der Waals surface area contributed by atoms with Crippen molar-refractivity contribution in [3.63, 3.8) is 0 Å². The second-order valence-corrected chi connectivity index (χ2v) is 6.10. The summed E-state index contributed by atoms with van der Waals surface area (Å²) in [6.07, 6.45) is 1.63. The van der Waals surface area contributed by atoms with Gasteiger partial charge in [-0.1, -0.05) is 24.3 Å². The summed E-state index contributed by atoms with van der Waals surface area (Å²) in [6.45, 7) is 1.89. The van der Waals surface area contributed by atoms with E-state index in [0.29, 0.717) is 5.82 Å². The molecule has 0 radical (unpaired) electrons. The van der Waals surface area contributed by atoms with Crippen molar-refractivity contribution in [1.82, 2.24) is 4.98 Å². The predicted octanol–water partition coefficient (Wildman–Crippen LogP) is 3.18. The molecule has 0 N–H and O–H groups in total. The molecule has 0 aliphatic heterocycles. The van der Waals surface area contributed by atoms with Crippen LogP contribution in [0.4, 0.5) is 5.82 Å². The van der Waals surface area contributed by atoms with Gasteiger partial charge < -0.3 is 0 Å². The normalized spacial score (nSPS) is 14.0. The van der Waals surface area contributed by atoms with Crippen molar-refractivity contribution in [2.24, 2.45) is 4.36 Å². The van der Waals surface area contributed by atoms with Crippen LogP contribution in [-0.2, 0) is 9.73 Å². The molecule has 1 aromatic heterocycles. The molecule has 0 spiro atoms. The zero-order valence-electron chi connectivity index (χ0n) is 9.83. The molecule has 17 heavy (non-hydrogen) atoms. The fourth-order valence-electron chi connectivity index (χ4n) is 1.48. The third kappa shape index (κ3) is 2.91. The summed E-state index contributed by atoms with van der Waals surface area (Å²) in [5, 5.41) is 0. The zero-order valence-corrected chi connectivity index (χ0v) is 10.6. The van der Waals surface area contributed by atoms with Gasteiger partial charge in [0.1, 0.15) is 0 Å². The summed E-state index contributed by atoms with van der Waals surface area (Å²) in [4.78, 5) is 4.96. The van der Waals surface area contributed by atoms with Gasteiger partial charge in [-0.3, -0.25) is 0 Å². The minimum Gasteiger partial charge on any atom is -0.245 e. The van der Waals surface area contributed by atoms with Gasteiger partial charge in [0.2, 0.25) is 0 Å². The molecule has 1 aromatic carbocycles. The highest BCUT2D eigenvalue weighted by atomic mass is 32.2. The third-order valence-corrected chi connectivity index (χ3v) is 4.00. The van der Waals surface area contributed by atoms with Crippen LogP contribution in [0.3, 0.4) is 0 Å². The molecule has 3 nitrogen and oxygen atoms in total. The molecule has 0 saturated carbocycles. The third-order valence-electron chi connectivity index (χ3n) is 2.32. The number of nitrogens with zero attached hydrogens (tertiary/aromatic N) is 2. The molecule has 0 fully saturated rings.